The summed E-state index contributed by atoms with van der Waals surface area (Å²) >= 11 is 5.88. The zero-order chi connectivity index (χ0) is 14.7. The summed E-state index contributed by atoms with van der Waals surface area (Å²) in [6.45, 7) is 0. The van der Waals surface area contributed by atoms with Crippen molar-refractivity contribution >= 4 is 23.2 Å². The Kier molecular flexibility index (Phi) is 2.89. The maximum Gasteiger partial charge on any atom is 0.230 e. The topological polar surface area (TPSA) is 49.3 Å². The average molecular weight is 306 g/mol. The third-order valence-corrected chi connectivity index (χ3v) is 5.87. The summed E-state index contributed by atoms with van der Waals surface area (Å²) in [6, 6.07) is 7.22. The van der Waals surface area contributed by atoms with Gasteiger partial charge < -0.3 is 10.4 Å². The largest absolute Gasteiger partial charge is 0.390 e. The molecule has 0 aromatic heterocycles. The third-order valence-electron chi connectivity index (χ3n) is 5.61. The van der Waals surface area contributed by atoms with E-state index in [0.29, 0.717) is 23.3 Å². The van der Waals surface area contributed by atoms with Crippen molar-refractivity contribution in [1.82, 2.24) is 0 Å². The molecule has 2 atom stereocenters. The molecule has 1 aromatic rings. The zero-order valence-electron chi connectivity index (χ0n) is 11.9. The van der Waals surface area contributed by atoms with Gasteiger partial charge >= 0.3 is 0 Å². The van der Waals surface area contributed by atoms with Crippen molar-refractivity contribution < 1.29 is 9.90 Å². The number of amides is 1. The number of aliphatic hydroxyl groups is 1. The average Bonchev–Trinajstić information content (AvgIpc) is 2.38. The first-order chi connectivity index (χ1) is 9.96. The van der Waals surface area contributed by atoms with Crippen molar-refractivity contribution in [2.45, 2.75) is 44.1 Å². The second-order valence-electron chi connectivity index (χ2n) is 7.43. The van der Waals surface area contributed by atoms with E-state index in [1.165, 1.54) is 6.42 Å². The maximum atomic E-state index is 12.8. The number of rotatable bonds is 2. The fraction of sp³-hybridized carbons (Fsp3) is 0.588. The van der Waals surface area contributed by atoms with Crippen LogP contribution in [0.3, 0.4) is 0 Å². The first kappa shape index (κ1) is 13.6. The number of nitrogens with one attached hydrogen (secondary N) is 1. The lowest BCUT2D eigenvalue weighted by Gasteiger charge is -2.59. The number of halogens is 1. The lowest BCUT2D eigenvalue weighted by Crippen LogP contribution is -2.59. The summed E-state index contributed by atoms with van der Waals surface area (Å²) in [4.78, 5) is 12.8. The molecule has 4 heteroatoms. The number of anilines is 1. The van der Waals surface area contributed by atoms with Crippen LogP contribution in [0.15, 0.2) is 24.3 Å². The minimum absolute atomic E-state index is 0.0809. The molecule has 0 saturated heterocycles. The van der Waals surface area contributed by atoms with Crippen LogP contribution in [0.5, 0.6) is 0 Å². The van der Waals surface area contributed by atoms with Crippen LogP contribution in [-0.2, 0) is 4.79 Å². The molecule has 2 unspecified atom stereocenters. The SMILES string of the molecule is O=C(Nc1ccc(Cl)cc1)C12CC3CC(CC(O)(C3)C1)C2. The quantitative estimate of drug-likeness (QED) is 0.877. The van der Waals surface area contributed by atoms with Gasteiger partial charge in [-0.3, -0.25) is 4.79 Å². The summed E-state index contributed by atoms with van der Waals surface area (Å²) < 4.78 is 0. The van der Waals surface area contributed by atoms with E-state index in [-0.39, 0.29) is 11.3 Å². The van der Waals surface area contributed by atoms with Crippen molar-refractivity contribution in [3.05, 3.63) is 29.3 Å². The highest BCUT2D eigenvalue weighted by atomic mass is 35.5. The molecule has 4 fully saturated rings. The molecule has 5 rings (SSSR count). The van der Waals surface area contributed by atoms with Gasteiger partial charge in [0.15, 0.2) is 0 Å². The molecular weight excluding hydrogens is 286 g/mol. The summed E-state index contributed by atoms with van der Waals surface area (Å²) in [5.41, 5.74) is -0.174. The number of hydrogen-bond acceptors (Lipinski definition) is 2. The van der Waals surface area contributed by atoms with E-state index in [1.54, 1.807) is 12.1 Å². The minimum Gasteiger partial charge on any atom is -0.390 e. The van der Waals surface area contributed by atoms with Gasteiger partial charge in [-0.2, -0.15) is 0 Å². The van der Waals surface area contributed by atoms with E-state index in [1.807, 2.05) is 12.1 Å². The summed E-state index contributed by atoms with van der Waals surface area (Å²) in [5.74, 6) is 1.12. The number of carbonyl (C=O) groups is 1. The molecule has 4 bridgehead atoms. The second-order valence-corrected chi connectivity index (χ2v) is 7.86. The third kappa shape index (κ3) is 2.27. The Morgan fingerprint density at radius 3 is 2.33 bits per heavy atom. The maximum absolute atomic E-state index is 12.8. The lowest BCUT2D eigenvalue weighted by molar-refractivity contribution is -0.174. The van der Waals surface area contributed by atoms with E-state index in [9.17, 15) is 9.90 Å². The standard InChI is InChI=1S/C17H20ClNO2/c18-13-1-3-14(4-2-13)19-15(20)16-6-11-5-12(7-16)9-17(21,8-11)10-16/h1-4,11-12,21H,5-10H2,(H,19,20). The van der Waals surface area contributed by atoms with E-state index < -0.39 is 5.60 Å². The van der Waals surface area contributed by atoms with Crippen LogP contribution in [0, 0.1) is 17.3 Å². The Morgan fingerprint density at radius 2 is 1.76 bits per heavy atom. The molecule has 1 amide bonds. The van der Waals surface area contributed by atoms with Crippen LogP contribution in [0.2, 0.25) is 5.02 Å². The Balaban J connectivity index is 1.57. The van der Waals surface area contributed by atoms with Gasteiger partial charge in [-0.15, -0.1) is 0 Å². The van der Waals surface area contributed by atoms with Gasteiger partial charge in [0.05, 0.1) is 11.0 Å². The van der Waals surface area contributed by atoms with Crippen LogP contribution in [0.1, 0.15) is 38.5 Å². The van der Waals surface area contributed by atoms with Gasteiger partial charge in [0.2, 0.25) is 5.91 Å². The zero-order valence-corrected chi connectivity index (χ0v) is 12.7. The molecule has 21 heavy (non-hydrogen) atoms. The molecule has 0 spiro atoms. The van der Waals surface area contributed by atoms with Crippen LogP contribution >= 0.6 is 11.6 Å². The molecule has 4 saturated carbocycles. The van der Waals surface area contributed by atoms with Gasteiger partial charge in [-0.25, -0.2) is 0 Å². The summed E-state index contributed by atoms with van der Waals surface area (Å²) in [5, 5.41) is 14.4. The molecule has 0 aliphatic heterocycles. The van der Waals surface area contributed by atoms with Crippen LogP contribution in [-0.4, -0.2) is 16.6 Å². The highest BCUT2D eigenvalue weighted by Gasteiger charge is 2.60. The fourth-order valence-corrected chi connectivity index (χ4v) is 5.40. The van der Waals surface area contributed by atoms with Gasteiger partial charge in [0, 0.05) is 10.7 Å². The van der Waals surface area contributed by atoms with E-state index in [0.717, 1.165) is 31.4 Å². The molecule has 0 heterocycles. The molecule has 2 N–H and O–H groups in total. The number of hydrogen-bond donors (Lipinski definition) is 2. The first-order valence-electron chi connectivity index (χ1n) is 7.76. The molecule has 1 aromatic carbocycles. The summed E-state index contributed by atoms with van der Waals surface area (Å²) in [7, 11) is 0. The van der Waals surface area contributed by atoms with Crippen LogP contribution in [0.25, 0.3) is 0 Å². The summed E-state index contributed by atoms with van der Waals surface area (Å²) in [6.07, 6.45) is 5.47. The smallest absolute Gasteiger partial charge is 0.230 e. The van der Waals surface area contributed by atoms with Crippen LogP contribution in [0.4, 0.5) is 5.69 Å². The van der Waals surface area contributed by atoms with E-state index >= 15 is 0 Å². The van der Waals surface area contributed by atoms with Gasteiger partial charge in [-0.05, 0) is 74.6 Å². The molecule has 112 valence electrons. The van der Waals surface area contributed by atoms with Crippen LogP contribution < -0.4 is 5.32 Å². The van der Waals surface area contributed by atoms with Crippen molar-refractivity contribution in [2.24, 2.45) is 17.3 Å². The van der Waals surface area contributed by atoms with E-state index in [2.05, 4.69) is 5.32 Å². The Bertz CT molecular complexity index is 569. The van der Waals surface area contributed by atoms with Gasteiger partial charge in [0.1, 0.15) is 0 Å². The fourth-order valence-electron chi connectivity index (χ4n) is 5.28. The normalized spacial score (nSPS) is 40.3. The highest BCUT2D eigenvalue weighted by Crippen LogP contribution is 2.61. The number of benzene rings is 1. The molecule has 3 nitrogen and oxygen atoms in total. The lowest BCUT2D eigenvalue weighted by atomic mass is 9.47. The van der Waals surface area contributed by atoms with Gasteiger partial charge in [-0.1, -0.05) is 11.6 Å². The molecule has 4 aliphatic carbocycles. The Hall–Kier alpha value is -1.06. The highest BCUT2D eigenvalue weighted by molar-refractivity contribution is 6.30. The molecule has 4 aliphatic rings. The van der Waals surface area contributed by atoms with Crippen molar-refractivity contribution in [3.8, 4) is 0 Å². The van der Waals surface area contributed by atoms with Crippen molar-refractivity contribution in [1.29, 1.82) is 0 Å². The monoisotopic (exact) mass is 305 g/mol. The molecular formula is C17H20ClNO2. The van der Waals surface area contributed by atoms with Gasteiger partial charge in [0.25, 0.3) is 0 Å². The predicted molar refractivity (Wildman–Crippen MR) is 82.1 cm³/mol. The molecule has 0 radical (unpaired) electrons. The van der Waals surface area contributed by atoms with Crippen molar-refractivity contribution in [3.63, 3.8) is 0 Å². The minimum atomic E-state index is -0.596. The number of carbonyl (C=O) groups excluding carboxylic acids is 1. The van der Waals surface area contributed by atoms with E-state index in [4.69, 9.17) is 11.6 Å². The second kappa shape index (κ2) is 4.47. The predicted octanol–water partition coefficient (Wildman–Crippen LogP) is 3.61. The van der Waals surface area contributed by atoms with Crippen molar-refractivity contribution in [2.75, 3.05) is 5.32 Å². The first-order valence-corrected chi connectivity index (χ1v) is 8.14. The Labute approximate surface area is 129 Å². The Morgan fingerprint density at radius 1 is 1.14 bits per heavy atom.